The van der Waals surface area contributed by atoms with Gasteiger partial charge < -0.3 is 0 Å². The molecular weight excluding hydrogens is 244 g/mol. The molecule has 6 heteroatoms. The van der Waals surface area contributed by atoms with Gasteiger partial charge in [-0.3, -0.25) is 19.0 Å². The highest BCUT2D eigenvalue weighted by Gasteiger charge is 2.11. The summed E-state index contributed by atoms with van der Waals surface area (Å²) < 4.78 is 3.30. The fourth-order valence-electron chi connectivity index (χ4n) is 2.17. The zero-order valence-electron chi connectivity index (χ0n) is 11.5. The second-order valence-corrected chi connectivity index (χ2v) is 4.75. The minimum atomic E-state index is -0.377. The molecule has 0 amide bonds. The van der Waals surface area contributed by atoms with Crippen LogP contribution in [0.5, 0.6) is 0 Å². The summed E-state index contributed by atoms with van der Waals surface area (Å²) in [6.45, 7) is 5.48. The Labute approximate surface area is 111 Å². The van der Waals surface area contributed by atoms with Crippen molar-refractivity contribution in [3.05, 3.63) is 27.0 Å². The van der Waals surface area contributed by atoms with Crippen LogP contribution in [0.1, 0.15) is 39.5 Å². The van der Waals surface area contributed by atoms with Crippen LogP contribution in [0.15, 0.2) is 15.8 Å². The number of H-pyrrole nitrogens is 1. The lowest BCUT2D eigenvalue weighted by Crippen LogP contribution is -2.30. The van der Waals surface area contributed by atoms with Crippen LogP contribution in [0.25, 0.3) is 11.0 Å². The van der Waals surface area contributed by atoms with E-state index in [9.17, 15) is 9.59 Å². The number of hydrogen-bond donors (Lipinski definition) is 1. The Morgan fingerprint density at radius 2 is 1.95 bits per heavy atom. The second-order valence-electron chi connectivity index (χ2n) is 4.75. The van der Waals surface area contributed by atoms with Crippen LogP contribution in [0.4, 0.5) is 0 Å². The van der Waals surface area contributed by atoms with Crippen molar-refractivity contribution in [2.75, 3.05) is 0 Å². The van der Waals surface area contributed by atoms with Crippen LogP contribution in [0.2, 0.25) is 0 Å². The lowest BCUT2D eigenvalue weighted by atomic mass is 10.2. The van der Waals surface area contributed by atoms with Crippen LogP contribution in [0, 0.1) is 0 Å². The molecule has 2 aromatic rings. The summed E-state index contributed by atoms with van der Waals surface area (Å²) in [5.41, 5.74) is -0.237. The summed E-state index contributed by atoms with van der Waals surface area (Å²) in [6.07, 6.45) is 5.86. The molecule has 0 atom stereocenters. The molecular formula is C13H20N4O2. The third-order valence-electron chi connectivity index (χ3n) is 3.15. The van der Waals surface area contributed by atoms with E-state index in [0.717, 1.165) is 32.2 Å². The average Bonchev–Trinajstić information content (AvgIpc) is 2.79. The number of aryl methyl sites for hydroxylation is 2. The van der Waals surface area contributed by atoms with E-state index in [0.29, 0.717) is 17.6 Å². The maximum atomic E-state index is 11.8. The quantitative estimate of drug-likeness (QED) is 0.803. The molecule has 0 aliphatic heterocycles. The molecule has 2 aromatic heterocycles. The van der Waals surface area contributed by atoms with E-state index in [1.165, 1.54) is 4.57 Å². The first-order valence-electron chi connectivity index (χ1n) is 6.87. The molecule has 19 heavy (non-hydrogen) atoms. The van der Waals surface area contributed by atoms with Gasteiger partial charge in [-0.15, -0.1) is 0 Å². The first-order valence-corrected chi connectivity index (χ1v) is 6.87. The zero-order valence-corrected chi connectivity index (χ0v) is 11.5. The lowest BCUT2D eigenvalue weighted by Gasteiger charge is -2.02. The van der Waals surface area contributed by atoms with Gasteiger partial charge in [0, 0.05) is 19.3 Å². The molecule has 0 radical (unpaired) electrons. The number of aromatic nitrogens is 4. The first-order chi connectivity index (χ1) is 9.17. The number of unbranched alkanes of at least 4 members (excludes halogenated alkanes) is 2. The van der Waals surface area contributed by atoms with E-state index < -0.39 is 0 Å². The fraction of sp³-hybridized carbons (Fsp3) is 0.615. The van der Waals surface area contributed by atoms with Gasteiger partial charge in [0.15, 0.2) is 5.65 Å². The predicted molar refractivity (Wildman–Crippen MR) is 74.4 cm³/mol. The molecule has 104 valence electrons. The van der Waals surface area contributed by atoms with E-state index in [-0.39, 0.29) is 11.2 Å². The largest absolute Gasteiger partial charge is 0.330 e. The second kappa shape index (κ2) is 5.86. The van der Waals surface area contributed by atoms with Crippen molar-refractivity contribution in [3.8, 4) is 0 Å². The summed E-state index contributed by atoms with van der Waals surface area (Å²) in [4.78, 5) is 25.9. The molecule has 0 unspecified atom stereocenters. The van der Waals surface area contributed by atoms with Crippen molar-refractivity contribution in [1.29, 1.82) is 0 Å². The molecule has 2 heterocycles. The van der Waals surface area contributed by atoms with E-state index >= 15 is 0 Å². The van der Waals surface area contributed by atoms with E-state index in [4.69, 9.17) is 0 Å². The molecule has 0 saturated carbocycles. The third-order valence-corrected chi connectivity index (χ3v) is 3.15. The molecule has 0 saturated heterocycles. The Morgan fingerprint density at radius 3 is 2.63 bits per heavy atom. The van der Waals surface area contributed by atoms with Gasteiger partial charge >= 0.3 is 5.69 Å². The molecule has 0 spiro atoms. The number of rotatable bonds is 6. The molecule has 0 fully saturated rings. The minimum absolute atomic E-state index is 0.353. The molecule has 0 bridgehead atoms. The average molecular weight is 264 g/mol. The molecule has 2 rings (SSSR count). The third kappa shape index (κ3) is 2.77. The monoisotopic (exact) mass is 264 g/mol. The van der Waals surface area contributed by atoms with E-state index in [2.05, 4.69) is 17.0 Å². The van der Waals surface area contributed by atoms with Crippen molar-refractivity contribution >= 4 is 11.0 Å². The predicted octanol–water partition coefficient (Wildman–Crippen LogP) is 1.49. The highest BCUT2D eigenvalue weighted by atomic mass is 16.2. The normalized spacial score (nSPS) is 11.3. The number of hydrogen-bond acceptors (Lipinski definition) is 3. The minimum Gasteiger partial charge on any atom is -0.276 e. The number of nitrogens with one attached hydrogen (secondary N) is 1. The van der Waals surface area contributed by atoms with Crippen LogP contribution in [-0.2, 0) is 13.1 Å². The Kier molecular flexibility index (Phi) is 4.19. The number of aromatic amines is 1. The van der Waals surface area contributed by atoms with Gasteiger partial charge in [-0.05, 0) is 12.8 Å². The molecule has 1 N–H and O–H groups in total. The maximum Gasteiger partial charge on any atom is 0.330 e. The summed E-state index contributed by atoms with van der Waals surface area (Å²) >= 11 is 0. The van der Waals surface area contributed by atoms with Gasteiger partial charge in [0.25, 0.3) is 5.56 Å². The molecule has 0 aliphatic rings. The van der Waals surface area contributed by atoms with Gasteiger partial charge in [-0.1, -0.05) is 26.7 Å². The SMILES string of the molecule is CCCCCn1cc2c(=O)[nH]c(=O)n(CCC)c2n1. The van der Waals surface area contributed by atoms with Crippen LogP contribution >= 0.6 is 0 Å². The van der Waals surface area contributed by atoms with Crippen LogP contribution in [-0.4, -0.2) is 19.3 Å². The fourth-order valence-corrected chi connectivity index (χ4v) is 2.17. The molecule has 6 nitrogen and oxygen atoms in total. The summed E-state index contributed by atoms with van der Waals surface area (Å²) in [7, 11) is 0. The van der Waals surface area contributed by atoms with Gasteiger partial charge in [0.1, 0.15) is 5.39 Å². The topological polar surface area (TPSA) is 72.7 Å². The Bertz CT molecular complexity index is 665. The van der Waals surface area contributed by atoms with Crippen molar-refractivity contribution < 1.29 is 0 Å². The smallest absolute Gasteiger partial charge is 0.276 e. The van der Waals surface area contributed by atoms with Crippen molar-refractivity contribution in [2.24, 2.45) is 0 Å². The Morgan fingerprint density at radius 1 is 1.16 bits per heavy atom. The van der Waals surface area contributed by atoms with Crippen molar-refractivity contribution in [2.45, 2.75) is 52.6 Å². The number of nitrogens with zero attached hydrogens (tertiary/aromatic N) is 3. The van der Waals surface area contributed by atoms with Gasteiger partial charge in [0.2, 0.25) is 0 Å². The van der Waals surface area contributed by atoms with Crippen molar-refractivity contribution in [3.63, 3.8) is 0 Å². The summed E-state index contributed by atoms with van der Waals surface area (Å²) in [6, 6.07) is 0. The summed E-state index contributed by atoms with van der Waals surface area (Å²) in [5, 5.41) is 4.87. The van der Waals surface area contributed by atoms with E-state index in [1.807, 2.05) is 6.92 Å². The van der Waals surface area contributed by atoms with Gasteiger partial charge in [-0.2, -0.15) is 5.10 Å². The maximum absolute atomic E-state index is 11.8. The van der Waals surface area contributed by atoms with E-state index in [1.54, 1.807) is 10.9 Å². The Balaban J connectivity index is 2.45. The number of fused-ring (bicyclic) bond motifs is 1. The van der Waals surface area contributed by atoms with Crippen LogP contribution < -0.4 is 11.2 Å². The molecule has 0 aliphatic carbocycles. The molecule has 0 aromatic carbocycles. The van der Waals surface area contributed by atoms with Crippen molar-refractivity contribution in [1.82, 2.24) is 19.3 Å². The highest BCUT2D eigenvalue weighted by molar-refractivity contribution is 5.72. The summed E-state index contributed by atoms with van der Waals surface area (Å²) in [5.74, 6) is 0. The Hall–Kier alpha value is -1.85. The zero-order chi connectivity index (χ0) is 13.8. The highest BCUT2D eigenvalue weighted by Crippen LogP contribution is 2.07. The van der Waals surface area contributed by atoms with Gasteiger partial charge in [0.05, 0.1) is 0 Å². The standard InChI is InChI=1S/C13H20N4O2/c1-3-5-6-8-16-9-10-11(15-16)17(7-4-2)13(19)14-12(10)18/h9H,3-8H2,1-2H3,(H,14,18,19). The first kappa shape index (κ1) is 13.6. The lowest BCUT2D eigenvalue weighted by molar-refractivity contribution is 0.551. The van der Waals surface area contributed by atoms with Crippen LogP contribution in [0.3, 0.4) is 0 Å². The van der Waals surface area contributed by atoms with Gasteiger partial charge in [-0.25, -0.2) is 4.79 Å².